The van der Waals surface area contributed by atoms with Crippen LogP contribution in [-0.4, -0.2) is 92.1 Å². The highest BCUT2D eigenvalue weighted by molar-refractivity contribution is 8.26. The second kappa shape index (κ2) is 13.0. The van der Waals surface area contributed by atoms with Crippen LogP contribution < -0.4 is 4.74 Å². The fourth-order valence-electron chi connectivity index (χ4n) is 4.94. The minimum Gasteiger partial charge on any atom is -0.492 e. The molecule has 2 aromatic carbocycles. The predicted octanol–water partition coefficient (Wildman–Crippen LogP) is 4.48. The van der Waals surface area contributed by atoms with Crippen LogP contribution in [0.5, 0.6) is 5.75 Å². The van der Waals surface area contributed by atoms with Crippen LogP contribution in [0.4, 0.5) is 0 Å². The number of fused-ring (bicyclic) bond motifs is 1. The van der Waals surface area contributed by atoms with E-state index in [1.165, 1.54) is 11.8 Å². The molecule has 2 aromatic heterocycles. The lowest BCUT2D eigenvalue weighted by Crippen LogP contribution is -2.38. The third-order valence-corrected chi connectivity index (χ3v) is 8.70. The van der Waals surface area contributed by atoms with Crippen molar-refractivity contribution in [2.45, 2.75) is 6.42 Å². The van der Waals surface area contributed by atoms with E-state index in [2.05, 4.69) is 14.9 Å². The molecule has 43 heavy (non-hydrogen) atoms. The summed E-state index contributed by atoms with van der Waals surface area (Å²) in [5.74, 6) is -0.420. The first-order chi connectivity index (χ1) is 20.9. The second-order valence-electron chi connectivity index (χ2n) is 10.1. The molecule has 0 unspecified atom stereocenters. The van der Waals surface area contributed by atoms with E-state index in [0.717, 1.165) is 60.7 Å². The molecule has 220 valence electrons. The van der Waals surface area contributed by atoms with E-state index in [1.54, 1.807) is 35.5 Å². The monoisotopic (exact) mass is 615 g/mol. The summed E-state index contributed by atoms with van der Waals surface area (Å²) in [6.07, 6.45) is 4.02. The van der Waals surface area contributed by atoms with Gasteiger partial charge >= 0.3 is 5.97 Å². The number of imidazole rings is 1. The molecule has 1 amide bonds. The number of hydrogen-bond donors (Lipinski definition) is 2. The molecule has 2 N–H and O–H groups in total. The van der Waals surface area contributed by atoms with Gasteiger partial charge in [0.2, 0.25) is 0 Å². The topological polar surface area (TPSA) is 121 Å². The van der Waals surface area contributed by atoms with Gasteiger partial charge in [0.25, 0.3) is 5.91 Å². The van der Waals surface area contributed by atoms with Crippen molar-refractivity contribution in [3.8, 4) is 17.0 Å². The van der Waals surface area contributed by atoms with Crippen LogP contribution in [0.25, 0.3) is 28.5 Å². The van der Waals surface area contributed by atoms with Gasteiger partial charge in [-0.05, 0) is 60.0 Å². The number of morpholine rings is 1. The van der Waals surface area contributed by atoms with Crippen LogP contribution in [0, 0.1) is 0 Å². The van der Waals surface area contributed by atoms with E-state index in [0.29, 0.717) is 40.2 Å². The number of carboxylic acids is 1. The minimum absolute atomic E-state index is 0.152. The molecule has 6 rings (SSSR count). The third-order valence-electron chi connectivity index (χ3n) is 7.33. The van der Waals surface area contributed by atoms with Crippen molar-refractivity contribution in [2.24, 2.45) is 0 Å². The minimum atomic E-state index is -0.971. The number of H-pyrrole nitrogens is 1. The van der Waals surface area contributed by atoms with Gasteiger partial charge in [0.15, 0.2) is 5.65 Å². The zero-order chi connectivity index (χ0) is 29.8. The Bertz CT molecular complexity index is 1700. The van der Waals surface area contributed by atoms with Crippen molar-refractivity contribution in [1.82, 2.24) is 24.8 Å². The molecule has 0 radical (unpaired) electrons. The molecule has 4 aromatic rings. The molecule has 0 saturated carbocycles. The highest BCUT2D eigenvalue weighted by Crippen LogP contribution is 2.35. The Balaban J connectivity index is 1.20. The molecule has 0 bridgehead atoms. The quantitative estimate of drug-likeness (QED) is 0.195. The zero-order valence-electron chi connectivity index (χ0n) is 23.2. The number of nitrogens with one attached hydrogen (secondary N) is 1. The Labute approximate surface area is 257 Å². The van der Waals surface area contributed by atoms with Crippen LogP contribution in [0.2, 0.25) is 0 Å². The molecule has 0 spiro atoms. The number of aromatic nitrogens is 3. The highest BCUT2D eigenvalue weighted by Gasteiger charge is 2.31. The van der Waals surface area contributed by atoms with Crippen LogP contribution >= 0.6 is 24.0 Å². The zero-order valence-corrected chi connectivity index (χ0v) is 24.8. The number of rotatable bonds is 10. The summed E-state index contributed by atoms with van der Waals surface area (Å²) in [6.45, 7) is 4.98. The van der Waals surface area contributed by atoms with E-state index >= 15 is 0 Å². The third kappa shape index (κ3) is 6.78. The molecule has 2 saturated heterocycles. The summed E-state index contributed by atoms with van der Waals surface area (Å²) in [5.41, 5.74) is 4.96. The lowest BCUT2D eigenvalue weighted by atomic mass is 10.1. The van der Waals surface area contributed by atoms with E-state index < -0.39 is 5.97 Å². The number of carbonyl (C=O) groups excluding carboxylic acids is 1. The summed E-state index contributed by atoms with van der Waals surface area (Å²) >= 11 is 6.81. The number of aromatic amines is 1. The maximum atomic E-state index is 13.3. The number of pyridine rings is 1. The van der Waals surface area contributed by atoms with E-state index in [9.17, 15) is 9.59 Å². The number of hydrogen-bond acceptors (Lipinski definition) is 9. The summed E-state index contributed by atoms with van der Waals surface area (Å²) in [7, 11) is 0. The molecule has 2 fully saturated rings. The maximum absolute atomic E-state index is 13.3. The van der Waals surface area contributed by atoms with Crippen LogP contribution in [0.3, 0.4) is 0 Å². The van der Waals surface area contributed by atoms with Crippen molar-refractivity contribution in [3.05, 3.63) is 82.5 Å². The van der Waals surface area contributed by atoms with Crippen molar-refractivity contribution < 1.29 is 24.2 Å². The largest absolute Gasteiger partial charge is 0.492 e. The summed E-state index contributed by atoms with van der Waals surface area (Å²) in [5, 5.41) is 9.12. The van der Waals surface area contributed by atoms with Gasteiger partial charge in [0.05, 0.1) is 41.2 Å². The molecule has 0 aliphatic carbocycles. The standard InChI is InChI=1S/C31H29N5O5S2/c37-29-27(43-31(42)36(29)10-9-20-1-4-22(5-2-20)30(38)39)18-21-3-8-26(41-16-13-35-11-14-40-15-12-35)23(17-21)24-6-7-25-28(34-24)33-19-32-25/h1-8,17-19H,9-16H2,(H,38,39)(H,32,33,34). The summed E-state index contributed by atoms with van der Waals surface area (Å²) in [4.78, 5) is 41.0. The van der Waals surface area contributed by atoms with Gasteiger partial charge in [0, 0.05) is 31.7 Å². The molecule has 0 atom stereocenters. The molecular weight excluding hydrogens is 587 g/mol. The first-order valence-corrected chi connectivity index (χ1v) is 15.1. The fraction of sp³-hybridized carbons (Fsp3) is 0.258. The second-order valence-corrected chi connectivity index (χ2v) is 11.8. The van der Waals surface area contributed by atoms with Gasteiger partial charge in [-0.25, -0.2) is 14.8 Å². The van der Waals surface area contributed by atoms with Gasteiger partial charge in [-0.2, -0.15) is 0 Å². The van der Waals surface area contributed by atoms with Gasteiger partial charge in [-0.3, -0.25) is 14.6 Å². The normalized spacial score (nSPS) is 16.8. The predicted molar refractivity (Wildman–Crippen MR) is 169 cm³/mol. The highest BCUT2D eigenvalue weighted by atomic mass is 32.2. The number of thiocarbonyl (C=S) groups is 1. The van der Waals surface area contributed by atoms with Gasteiger partial charge in [-0.15, -0.1) is 0 Å². The lowest BCUT2D eigenvalue weighted by molar-refractivity contribution is -0.122. The van der Waals surface area contributed by atoms with Crippen LogP contribution in [0.1, 0.15) is 21.5 Å². The summed E-state index contributed by atoms with van der Waals surface area (Å²) < 4.78 is 12.2. The number of thioether (sulfide) groups is 1. The first kappa shape index (κ1) is 29.0. The molecule has 2 aliphatic heterocycles. The van der Waals surface area contributed by atoms with Gasteiger partial charge < -0.3 is 19.6 Å². The number of ether oxygens (including phenoxy) is 2. The Kier molecular flexibility index (Phi) is 8.79. The molecule has 12 heteroatoms. The van der Waals surface area contributed by atoms with E-state index in [-0.39, 0.29) is 11.5 Å². The molecular formula is C31H29N5O5S2. The molecule has 10 nitrogen and oxygen atoms in total. The number of amides is 1. The van der Waals surface area contributed by atoms with Crippen LogP contribution in [0.15, 0.2) is 65.8 Å². The van der Waals surface area contributed by atoms with Crippen molar-refractivity contribution in [3.63, 3.8) is 0 Å². The van der Waals surface area contributed by atoms with Crippen molar-refractivity contribution in [1.29, 1.82) is 0 Å². The Morgan fingerprint density at radius 3 is 2.72 bits per heavy atom. The fourth-order valence-corrected chi connectivity index (χ4v) is 6.25. The van der Waals surface area contributed by atoms with E-state index in [1.807, 2.05) is 36.4 Å². The number of aromatic carboxylic acids is 1. The Morgan fingerprint density at radius 2 is 1.93 bits per heavy atom. The number of carboxylic acid groups (broad SMARTS) is 1. The number of carbonyl (C=O) groups is 2. The summed E-state index contributed by atoms with van der Waals surface area (Å²) in [6, 6.07) is 16.3. The number of benzene rings is 2. The average molecular weight is 616 g/mol. The van der Waals surface area contributed by atoms with Crippen LogP contribution in [-0.2, 0) is 16.0 Å². The van der Waals surface area contributed by atoms with Crippen molar-refractivity contribution in [2.75, 3.05) is 46.0 Å². The van der Waals surface area contributed by atoms with Gasteiger partial charge in [0.1, 0.15) is 16.7 Å². The maximum Gasteiger partial charge on any atom is 0.335 e. The Morgan fingerprint density at radius 1 is 1.12 bits per heavy atom. The SMILES string of the molecule is O=C(O)c1ccc(CCN2C(=O)C(=Cc3ccc(OCCN4CCOCC4)c(-c4ccc5[nH]cnc5n4)c3)SC2=S)cc1. The molecule has 4 heterocycles. The molecule has 2 aliphatic rings. The first-order valence-electron chi connectivity index (χ1n) is 13.9. The lowest BCUT2D eigenvalue weighted by Gasteiger charge is -2.26. The van der Waals surface area contributed by atoms with E-state index in [4.69, 9.17) is 31.8 Å². The average Bonchev–Trinajstić information content (AvgIpc) is 3.60. The smallest absolute Gasteiger partial charge is 0.335 e. The Hall–Kier alpha value is -4.10. The van der Waals surface area contributed by atoms with Crippen molar-refractivity contribution >= 4 is 57.4 Å². The van der Waals surface area contributed by atoms with Gasteiger partial charge in [-0.1, -0.05) is 42.2 Å². The number of nitrogens with zero attached hydrogens (tertiary/aromatic N) is 4.